The van der Waals surface area contributed by atoms with Crippen molar-refractivity contribution in [3.05, 3.63) is 46.9 Å². The number of fused-ring (bicyclic) bond motifs is 2. The molecule has 0 atom stereocenters. The molecule has 8 nitrogen and oxygen atoms in total. The average Bonchev–Trinajstić information content (AvgIpc) is 3.41. The lowest BCUT2D eigenvalue weighted by molar-refractivity contribution is 0.0963. The normalized spacial score (nSPS) is 19.1. The maximum absolute atomic E-state index is 12.0. The number of aromatic nitrogens is 2. The highest BCUT2D eigenvalue weighted by Crippen LogP contribution is 2.34. The minimum Gasteiger partial charge on any atom is -0.355 e. The topological polar surface area (TPSA) is 99.7 Å². The van der Waals surface area contributed by atoms with E-state index >= 15 is 0 Å². The molecule has 1 aromatic carbocycles. The number of anilines is 2. The highest BCUT2D eigenvalue weighted by Gasteiger charge is 2.32. The Bertz CT molecular complexity index is 1060. The number of carbonyl (C=O) groups excluding carboxylic acids is 1. The predicted molar refractivity (Wildman–Crippen MR) is 122 cm³/mol. The van der Waals surface area contributed by atoms with Crippen LogP contribution in [-0.4, -0.2) is 54.9 Å². The summed E-state index contributed by atoms with van der Waals surface area (Å²) in [4.78, 5) is 31.0. The molecule has 3 N–H and O–H groups in total. The largest absolute Gasteiger partial charge is 0.355 e. The third kappa shape index (κ3) is 3.44. The molecule has 31 heavy (non-hydrogen) atoms. The number of hydrogen-bond donors (Lipinski definition) is 2. The van der Waals surface area contributed by atoms with Crippen molar-refractivity contribution in [3.8, 4) is 0 Å². The van der Waals surface area contributed by atoms with E-state index < -0.39 is 0 Å². The van der Waals surface area contributed by atoms with E-state index in [-0.39, 0.29) is 11.3 Å². The monoisotopic (exact) mass is 419 g/mol. The Morgan fingerprint density at radius 2 is 2.06 bits per heavy atom. The number of nitrogens with zero attached hydrogens (tertiary/aromatic N) is 5. The first-order valence-electron chi connectivity index (χ1n) is 11.0. The van der Waals surface area contributed by atoms with Gasteiger partial charge in [0.05, 0.1) is 18.4 Å². The van der Waals surface area contributed by atoms with Gasteiger partial charge in [-0.15, -0.1) is 0 Å². The van der Waals surface area contributed by atoms with Gasteiger partial charge in [-0.05, 0) is 55.0 Å². The zero-order valence-corrected chi connectivity index (χ0v) is 18.2. The highest BCUT2D eigenvalue weighted by atomic mass is 16.1. The second-order valence-electron chi connectivity index (χ2n) is 8.99. The zero-order chi connectivity index (χ0) is 21.6. The second kappa shape index (κ2) is 7.60. The molecule has 1 saturated heterocycles. The molecule has 4 heterocycles. The molecule has 0 bridgehead atoms. The molecule has 162 valence electrons. The van der Waals surface area contributed by atoms with E-state index in [0.717, 1.165) is 79.7 Å². The quantitative estimate of drug-likeness (QED) is 0.786. The Hall–Kier alpha value is -3.00. The van der Waals surface area contributed by atoms with E-state index in [9.17, 15) is 4.79 Å². The van der Waals surface area contributed by atoms with E-state index in [1.165, 1.54) is 0 Å². The van der Waals surface area contributed by atoms with Crippen molar-refractivity contribution in [2.24, 2.45) is 16.1 Å². The third-order valence-corrected chi connectivity index (χ3v) is 6.93. The maximum atomic E-state index is 12.0. The molecule has 0 aliphatic carbocycles. The van der Waals surface area contributed by atoms with Gasteiger partial charge in [0.15, 0.2) is 5.84 Å². The number of hydrogen-bond acceptors (Lipinski definition) is 7. The Labute approximate surface area is 182 Å². The number of carbonyl (C=O) groups is 1. The molecule has 5 rings (SSSR count). The fourth-order valence-corrected chi connectivity index (χ4v) is 4.69. The second-order valence-corrected chi connectivity index (χ2v) is 8.99. The SMILES string of the molecule is CNC(=O)c1ccc2c(c1)CCN2C1=NCc2nc(N3CCC(C)(CN)CC3)cnc21. The highest BCUT2D eigenvalue weighted by molar-refractivity contribution is 6.12. The minimum absolute atomic E-state index is 0.0623. The lowest BCUT2D eigenvalue weighted by atomic mass is 9.80. The van der Waals surface area contributed by atoms with Gasteiger partial charge in [0.1, 0.15) is 11.5 Å². The number of rotatable bonds is 3. The van der Waals surface area contributed by atoms with Gasteiger partial charge in [-0.25, -0.2) is 9.97 Å². The summed E-state index contributed by atoms with van der Waals surface area (Å²) < 4.78 is 0. The van der Waals surface area contributed by atoms with Crippen LogP contribution in [0.4, 0.5) is 11.5 Å². The summed E-state index contributed by atoms with van der Waals surface area (Å²) in [7, 11) is 1.65. The number of benzene rings is 1. The van der Waals surface area contributed by atoms with Crippen LogP contribution in [0.15, 0.2) is 29.4 Å². The molecule has 0 unspecified atom stereocenters. The van der Waals surface area contributed by atoms with Crippen LogP contribution < -0.4 is 20.9 Å². The first-order valence-corrected chi connectivity index (χ1v) is 11.0. The summed E-state index contributed by atoms with van der Waals surface area (Å²) in [6, 6.07) is 5.86. The molecular formula is C23H29N7O. The molecule has 1 aromatic heterocycles. The van der Waals surface area contributed by atoms with Crippen molar-refractivity contribution in [3.63, 3.8) is 0 Å². The van der Waals surface area contributed by atoms with Gasteiger partial charge in [-0.3, -0.25) is 9.79 Å². The van der Waals surface area contributed by atoms with Crippen molar-refractivity contribution < 1.29 is 4.79 Å². The maximum Gasteiger partial charge on any atom is 0.251 e. The van der Waals surface area contributed by atoms with Crippen LogP contribution >= 0.6 is 0 Å². The standard InChI is InChI=1S/C23H29N7O/c1-23(14-24)6-9-29(10-7-23)19-13-26-20-17(28-19)12-27-21(20)30-8-5-15-11-16(22(31)25-2)3-4-18(15)30/h3-4,11,13H,5-10,12,14,24H2,1-2H3,(H,25,31). The molecule has 2 aromatic rings. The number of nitrogens with one attached hydrogen (secondary N) is 1. The number of amides is 1. The average molecular weight is 420 g/mol. The Balaban J connectivity index is 1.35. The van der Waals surface area contributed by atoms with E-state index in [1.807, 2.05) is 24.4 Å². The summed E-state index contributed by atoms with van der Waals surface area (Å²) >= 11 is 0. The van der Waals surface area contributed by atoms with Gasteiger partial charge in [0, 0.05) is 37.9 Å². The fraction of sp³-hybridized carbons (Fsp3) is 0.478. The van der Waals surface area contributed by atoms with Gasteiger partial charge in [-0.2, -0.15) is 0 Å². The van der Waals surface area contributed by atoms with Crippen molar-refractivity contribution >= 4 is 23.2 Å². The summed E-state index contributed by atoms with van der Waals surface area (Å²) in [5, 5.41) is 2.69. The number of aliphatic imine (C=N–C) groups is 1. The first kappa shape index (κ1) is 19.9. The van der Waals surface area contributed by atoms with Gasteiger partial charge in [-0.1, -0.05) is 6.92 Å². The van der Waals surface area contributed by atoms with Gasteiger partial charge >= 0.3 is 0 Å². The van der Waals surface area contributed by atoms with Crippen molar-refractivity contribution in [2.75, 3.05) is 43.0 Å². The van der Waals surface area contributed by atoms with E-state index in [0.29, 0.717) is 12.1 Å². The lowest BCUT2D eigenvalue weighted by Crippen LogP contribution is -2.42. The minimum atomic E-state index is -0.0623. The zero-order valence-electron chi connectivity index (χ0n) is 18.2. The van der Waals surface area contributed by atoms with Gasteiger partial charge in [0.2, 0.25) is 0 Å². The molecule has 1 fully saturated rings. The lowest BCUT2D eigenvalue weighted by Gasteiger charge is -2.39. The van der Waals surface area contributed by atoms with E-state index in [1.54, 1.807) is 7.05 Å². The van der Waals surface area contributed by atoms with Crippen molar-refractivity contribution in [1.29, 1.82) is 0 Å². The molecule has 3 aliphatic rings. The van der Waals surface area contributed by atoms with Gasteiger partial charge < -0.3 is 20.9 Å². The molecular weight excluding hydrogens is 390 g/mol. The summed E-state index contributed by atoms with van der Waals surface area (Å²) in [5.74, 6) is 1.76. The third-order valence-electron chi connectivity index (χ3n) is 6.93. The van der Waals surface area contributed by atoms with Crippen molar-refractivity contribution in [1.82, 2.24) is 15.3 Å². The van der Waals surface area contributed by atoms with Crippen LogP contribution in [0.5, 0.6) is 0 Å². The molecule has 3 aliphatic heterocycles. The number of nitrogens with two attached hydrogens (primary N) is 1. The fourth-order valence-electron chi connectivity index (χ4n) is 4.69. The Morgan fingerprint density at radius 1 is 1.26 bits per heavy atom. The summed E-state index contributed by atoms with van der Waals surface area (Å²) in [5.41, 5.74) is 10.9. The van der Waals surface area contributed by atoms with Crippen LogP contribution in [0, 0.1) is 5.41 Å². The first-order chi connectivity index (χ1) is 15.0. The predicted octanol–water partition coefficient (Wildman–Crippen LogP) is 1.72. The van der Waals surface area contributed by atoms with Crippen LogP contribution in [0.25, 0.3) is 0 Å². The van der Waals surface area contributed by atoms with Crippen molar-refractivity contribution in [2.45, 2.75) is 32.7 Å². The number of piperidine rings is 1. The Morgan fingerprint density at radius 3 is 2.81 bits per heavy atom. The molecule has 0 radical (unpaired) electrons. The smallest absolute Gasteiger partial charge is 0.251 e. The van der Waals surface area contributed by atoms with Crippen LogP contribution in [0.3, 0.4) is 0 Å². The Kier molecular flexibility index (Phi) is 4.89. The summed E-state index contributed by atoms with van der Waals surface area (Å²) in [6.07, 6.45) is 4.92. The van der Waals surface area contributed by atoms with E-state index in [4.69, 9.17) is 20.7 Å². The number of amidine groups is 1. The molecule has 8 heteroatoms. The van der Waals surface area contributed by atoms with E-state index in [2.05, 4.69) is 22.0 Å². The molecule has 0 spiro atoms. The van der Waals surface area contributed by atoms with Crippen LogP contribution in [0.2, 0.25) is 0 Å². The summed E-state index contributed by atoms with van der Waals surface area (Å²) in [6.45, 7) is 6.31. The molecule has 0 saturated carbocycles. The van der Waals surface area contributed by atoms with Crippen LogP contribution in [0.1, 0.15) is 47.1 Å². The van der Waals surface area contributed by atoms with Crippen LogP contribution in [-0.2, 0) is 13.0 Å². The molecule has 1 amide bonds. The van der Waals surface area contributed by atoms with Gasteiger partial charge in [0.25, 0.3) is 5.91 Å².